The Morgan fingerprint density at radius 1 is 1.42 bits per heavy atom. The largest absolute Gasteiger partial charge is 0.435 e. The number of benzene rings is 1. The maximum Gasteiger partial charge on any atom is 0.256 e. The van der Waals surface area contributed by atoms with E-state index in [1.165, 1.54) is 6.20 Å². The van der Waals surface area contributed by atoms with Gasteiger partial charge in [-0.3, -0.25) is 0 Å². The highest BCUT2D eigenvalue weighted by molar-refractivity contribution is 9.10. The fourth-order valence-electron chi connectivity index (χ4n) is 1.52. The van der Waals surface area contributed by atoms with Crippen LogP contribution in [0.1, 0.15) is 5.56 Å². The summed E-state index contributed by atoms with van der Waals surface area (Å²) in [7, 11) is 1.74. The first-order chi connectivity index (χ1) is 9.11. The van der Waals surface area contributed by atoms with Gasteiger partial charge in [0.25, 0.3) is 5.88 Å². The van der Waals surface area contributed by atoms with Gasteiger partial charge < -0.3 is 10.1 Å². The molecule has 0 unspecified atom stereocenters. The molecule has 1 aromatic heterocycles. The van der Waals surface area contributed by atoms with Crippen LogP contribution in [0.3, 0.4) is 0 Å². The van der Waals surface area contributed by atoms with Crippen LogP contribution in [0, 0.1) is 5.82 Å². The van der Waals surface area contributed by atoms with Crippen molar-refractivity contribution in [3.63, 3.8) is 0 Å². The quantitative estimate of drug-likeness (QED) is 0.904. The number of aromatic nitrogens is 1. The number of hydrogen-bond donors (Lipinski definition) is 1. The zero-order valence-electron chi connectivity index (χ0n) is 10.1. The van der Waals surface area contributed by atoms with Gasteiger partial charge in [0.05, 0.1) is 5.02 Å². The van der Waals surface area contributed by atoms with Crippen LogP contribution in [0.5, 0.6) is 11.6 Å². The molecule has 100 valence electrons. The van der Waals surface area contributed by atoms with Crippen molar-refractivity contribution in [3.8, 4) is 11.6 Å². The molecule has 2 aromatic rings. The Balaban J connectivity index is 2.30. The molecule has 1 N–H and O–H groups in total. The smallest absolute Gasteiger partial charge is 0.256 e. The van der Waals surface area contributed by atoms with Crippen LogP contribution in [0.4, 0.5) is 4.39 Å². The van der Waals surface area contributed by atoms with E-state index in [1.807, 2.05) is 0 Å². The molecule has 6 heteroatoms. The molecule has 0 saturated heterocycles. The van der Waals surface area contributed by atoms with E-state index in [4.69, 9.17) is 16.3 Å². The molecule has 19 heavy (non-hydrogen) atoms. The van der Waals surface area contributed by atoms with Crippen molar-refractivity contribution in [2.24, 2.45) is 0 Å². The Labute approximate surface area is 123 Å². The fourth-order valence-corrected chi connectivity index (χ4v) is 2.23. The summed E-state index contributed by atoms with van der Waals surface area (Å²) in [5.41, 5.74) is 0.487. The van der Waals surface area contributed by atoms with E-state index in [0.29, 0.717) is 22.9 Å². The second-order valence-corrected chi connectivity index (χ2v) is 5.12. The highest BCUT2D eigenvalue weighted by Gasteiger charge is 2.12. The van der Waals surface area contributed by atoms with Gasteiger partial charge in [-0.05, 0) is 31.3 Å². The van der Waals surface area contributed by atoms with E-state index < -0.39 is 5.82 Å². The molecule has 0 aliphatic carbocycles. The molecular formula is C13H11BrClFN2O. The molecule has 0 aliphatic heterocycles. The lowest BCUT2D eigenvalue weighted by atomic mass is 10.2. The van der Waals surface area contributed by atoms with Gasteiger partial charge in [0.15, 0.2) is 5.82 Å². The molecule has 0 bridgehead atoms. The van der Waals surface area contributed by atoms with Crippen molar-refractivity contribution in [3.05, 3.63) is 51.3 Å². The molecule has 1 heterocycles. The minimum Gasteiger partial charge on any atom is -0.435 e. The molecule has 3 nitrogen and oxygen atoms in total. The van der Waals surface area contributed by atoms with Crippen LogP contribution in [0.25, 0.3) is 0 Å². The lowest BCUT2D eigenvalue weighted by Crippen LogP contribution is -2.08. The van der Waals surface area contributed by atoms with Crippen LogP contribution in [0.2, 0.25) is 5.02 Å². The molecule has 1 aromatic carbocycles. The molecular weight excluding hydrogens is 335 g/mol. The molecule has 0 saturated carbocycles. The first-order valence-corrected chi connectivity index (χ1v) is 6.70. The molecule has 0 spiro atoms. The average Bonchev–Trinajstić information content (AvgIpc) is 2.37. The highest BCUT2D eigenvalue weighted by Crippen LogP contribution is 2.32. The normalized spacial score (nSPS) is 10.5. The van der Waals surface area contributed by atoms with Crippen molar-refractivity contribution in [1.29, 1.82) is 0 Å². The maximum absolute atomic E-state index is 14.1. The fraction of sp³-hybridized carbons (Fsp3) is 0.154. The molecule has 0 amide bonds. The summed E-state index contributed by atoms with van der Waals surface area (Å²) in [6, 6.07) is 6.68. The van der Waals surface area contributed by atoms with E-state index in [0.717, 1.165) is 4.47 Å². The Hall–Kier alpha value is -1.17. The zero-order chi connectivity index (χ0) is 13.8. The number of nitrogens with zero attached hydrogens (tertiary/aromatic N) is 1. The second kappa shape index (κ2) is 6.32. The van der Waals surface area contributed by atoms with Crippen LogP contribution in [-0.4, -0.2) is 12.0 Å². The first-order valence-electron chi connectivity index (χ1n) is 5.52. The van der Waals surface area contributed by atoms with Gasteiger partial charge in [0.1, 0.15) is 5.75 Å². The Kier molecular flexibility index (Phi) is 4.74. The van der Waals surface area contributed by atoms with E-state index in [1.54, 1.807) is 31.3 Å². The predicted octanol–water partition coefficient (Wildman–Crippen LogP) is 4.15. The van der Waals surface area contributed by atoms with Crippen molar-refractivity contribution in [1.82, 2.24) is 10.3 Å². The van der Waals surface area contributed by atoms with Crippen LogP contribution in [-0.2, 0) is 6.54 Å². The number of halogens is 3. The SMILES string of the molecule is CNCc1ccnc(Oc2ccc(Br)cc2Cl)c1F. The van der Waals surface area contributed by atoms with Crippen LogP contribution in [0.15, 0.2) is 34.9 Å². The van der Waals surface area contributed by atoms with E-state index in [-0.39, 0.29) is 5.88 Å². The van der Waals surface area contributed by atoms with Crippen LogP contribution >= 0.6 is 27.5 Å². The zero-order valence-corrected chi connectivity index (χ0v) is 12.4. The number of nitrogens with one attached hydrogen (secondary N) is 1. The summed E-state index contributed by atoms with van der Waals surface area (Å²) in [5, 5.41) is 3.26. The lowest BCUT2D eigenvalue weighted by Gasteiger charge is -2.10. The minimum absolute atomic E-state index is 0.0861. The summed E-state index contributed by atoms with van der Waals surface area (Å²) in [6.45, 7) is 0.402. The standard InChI is InChI=1S/C13H11BrClFN2O/c1-17-7-8-4-5-18-13(12(8)16)19-11-3-2-9(14)6-10(11)15/h2-6,17H,7H2,1H3. The summed E-state index contributed by atoms with van der Waals surface area (Å²) < 4.78 is 20.3. The molecule has 0 fully saturated rings. The Bertz CT molecular complexity index is 595. The Morgan fingerprint density at radius 2 is 2.21 bits per heavy atom. The summed E-state index contributed by atoms with van der Waals surface area (Å²) in [6.07, 6.45) is 1.50. The van der Waals surface area contributed by atoms with E-state index >= 15 is 0 Å². The van der Waals surface area contributed by atoms with Crippen molar-refractivity contribution >= 4 is 27.5 Å². The average molecular weight is 346 g/mol. The third-order valence-electron chi connectivity index (χ3n) is 2.40. The monoisotopic (exact) mass is 344 g/mol. The van der Waals surface area contributed by atoms with Crippen molar-refractivity contribution in [2.45, 2.75) is 6.54 Å². The van der Waals surface area contributed by atoms with E-state index in [9.17, 15) is 4.39 Å². The van der Waals surface area contributed by atoms with Crippen LogP contribution < -0.4 is 10.1 Å². The third-order valence-corrected chi connectivity index (χ3v) is 3.19. The first kappa shape index (κ1) is 14.2. The van der Waals surface area contributed by atoms with Gasteiger partial charge in [-0.1, -0.05) is 27.5 Å². The van der Waals surface area contributed by atoms with Gasteiger partial charge in [0, 0.05) is 22.8 Å². The summed E-state index contributed by atoms with van der Waals surface area (Å²) in [4.78, 5) is 3.88. The van der Waals surface area contributed by atoms with Gasteiger partial charge in [0.2, 0.25) is 0 Å². The third kappa shape index (κ3) is 3.43. The molecule has 0 aliphatic rings. The number of pyridine rings is 1. The lowest BCUT2D eigenvalue weighted by molar-refractivity contribution is 0.418. The van der Waals surface area contributed by atoms with E-state index in [2.05, 4.69) is 26.2 Å². The Morgan fingerprint density at radius 3 is 2.89 bits per heavy atom. The maximum atomic E-state index is 14.1. The summed E-state index contributed by atoms with van der Waals surface area (Å²) >= 11 is 9.31. The number of hydrogen-bond acceptors (Lipinski definition) is 3. The minimum atomic E-state index is -0.490. The molecule has 2 rings (SSSR count). The number of ether oxygens (including phenoxy) is 1. The molecule has 0 radical (unpaired) electrons. The van der Waals surface area contributed by atoms with Gasteiger partial charge in [-0.15, -0.1) is 0 Å². The van der Waals surface area contributed by atoms with Crippen molar-refractivity contribution in [2.75, 3.05) is 7.05 Å². The molecule has 0 atom stereocenters. The number of rotatable bonds is 4. The second-order valence-electron chi connectivity index (χ2n) is 3.80. The summed E-state index contributed by atoms with van der Waals surface area (Å²) in [5.74, 6) is -0.217. The van der Waals surface area contributed by atoms with Gasteiger partial charge in [-0.2, -0.15) is 0 Å². The van der Waals surface area contributed by atoms with Gasteiger partial charge in [-0.25, -0.2) is 9.37 Å². The van der Waals surface area contributed by atoms with Crippen molar-refractivity contribution < 1.29 is 9.13 Å². The highest BCUT2D eigenvalue weighted by atomic mass is 79.9. The predicted molar refractivity (Wildman–Crippen MR) is 76.2 cm³/mol. The van der Waals surface area contributed by atoms with Gasteiger partial charge >= 0.3 is 0 Å². The topological polar surface area (TPSA) is 34.2 Å².